The smallest absolute Gasteiger partial charge is 0.221 e. The Morgan fingerprint density at radius 3 is 2.52 bits per heavy atom. The fourth-order valence-electron chi connectivity index (χ4n) is 2.55. The summed E-state index contributed by atoms with van der Waals surface area (Å²) in [5.41, 5.74) is 1.44. The molecule has 0 aliphatic rings. The van der Waals surface area contributed by atoms with Crippen molar-refractivity contribution in [1.29, 1.82) is 0 Å². The third-order valence-corrected chi connectivity index (χ3v) is 3.82. The first-order chi connectivity index (χ1) is 12.2. The maximum Gasteiger partial charge on any atom is 0.221 e. The summed E-state index contributed by atoms with van der Waals surface area (Å²) in [6, 6.07) is 18.7. The molecular formula is C21H13FO3. The first-order valence-corrected chi connectivity index (χ1v) is 7.76. The Kier molecular flexibility index (Phi) is 3.78. The van der Waals surface area contributed by atoms with Crippen molar-refractivity contribution >= 4 is 22.8 Å². The summed E-state index contributed by atoms with van der Waals surface area (Å²) in [6.07, 6.45) is 2.99. The van der Waals surface area contributed by atoms with E-state index >= 15 is 0 Å². The number of rotatable bonds is 4. The molecule has 4 rings (SSSR count). The zero-order chi connectivity index (χ0) is 17.2. The largest absolute Gasteiger partial charge is 0.457 e. The van der Waals surface area contributed by atoms with Gasteiger partial charge in [-0.25, -0.2) is 4.39 Å². The van der Waals surface area contributed by atoms with Crippen molar-refractivity contribution < 1.29 is 18.0 Å². The molecule has 0 fully saturated rings. The minimum atomic E-state index is -0.299. The average molecular weight is 332 g/mol. The highest BCUT2D eigenvalue weighted by Gasteiger charge is 2.09. The standard InChI is InChI=1S/C21H13FO3/c22-16-7-5-14(6-8-16)20-12-10-17(24-20)9-11-18(23)21-13-15-3-1-2-4-19(15)25-21/h1-13H/b11-9+. The molecule has 3 nitrogen and oxygen atoms in total. The molecule has 0 saturated carbocycles. The van der Waals surface area contributed by atoms with Gasteiger partial charge >= 0.3 is 0 Å². The highest BCUT2D eigenvalue weighted by Crippen LogP contribution is 2.24. The molecule has 0 aliphatic carbocycles. The molecule has 0 bridgehead atoms. The van der Waals surface area contributed by atoms with Crippen molar-refractivity contribution in [3.63, 3.8) is 0 Å². The molecule has 0 saturated heterocycles. The van der Waals surface area contributed by atoms with E-state index in [1.165, 1.54) is 18.2 Å². The van der Waals surface area contributed by atoms with Crippen LogP contribution >= 0.6 is 0 Å². The van der Waals surface area contributed by atoms with Gasteiger partial charge < -0.3 is 8.83 Å². The van der Waals surface area contributed by atoms with Crippen LogP contribution in [0.5, 0.6) is 0 Å². The Bertz CT molecular complexity index is 1030. The van der Waals surface area contributed by atoms with E-state index in [1.807, 2.05) is 24.3 Å². The Labute approximate surface area is 143 Å². The van der Waals surface area contributed by atoms with Crippen molar-refractivity contribution in [3.05, 3.63) is 90.1 Å². The van der Waals surface area contributed by atoms with Crippen molar-refractivity contribution in [2.45, 2.75) is 0 Å². The molecule has 0 unspecified atom stereocenters. The summed E-state index contributed by atoms with van der Waals surface area (Å²) < 4.78 is 24.2. The maximum absolute atomic E-state index is 13.0. The van der Waals surface area contributed by atoms with Gasteiger partial charge in [0.2, 0.25) is 5.78 Å². The summed E-state index contributed by atoms with van der Waals surface area (Å²) in [5.74, 6) is 0.880. The molecule has 0 spiro atoms. The number of benzene rings is 2. The number of allylic oxidation sites excluding steroid dienone is 1. The third kappa shape index (κ3) is 3.15. The van der Waals surface area contributed by atoms with Crippen LogP contribution < -0.4 is 0 Å². The van der Waals surface area contributed by atoms with Crippen molar-refractivity contribution in [1.82, 2.24) is 0 Å². The number of fused-ring (bicyclic) bond motifs is 1. The number of para-hydroxylation sites is 1. The lowest BCUT2D eigenvalue weighted by Gasteiger charge is -1.95. The van der Waals surface area contributed by atoms with E-state index in [2.05, 4.69) is 0 Å². The van der Waals surface area contributed by atoms with Crippen molar-refractivity contribution in [3.8, 4) is 11.3 Å². The Morgan fingerprint density at radius 1 is 0.920 bits per heavy atom. The Morgan fingerprint density at radius 2 is 1.72 bits per heavy atom. The van der Waals surface area contributed by atoms with Gasteiger partial charge in [0.15, 0.2) is 5.76 Å². The fourth-order valence-corrected chi connectivity index (χ4v) is 2.55. The van der Waals surface area contributed by atoms with Crippen molar-refractivity contribution in [2.24, 2.45) is 0 Å². The molecule has 0 radical (unpaired) electrons. The SMILES string of the molecule is O=C(/C=C/c1ccc(-c2ccc(F)cc2)o1)c1cc2ccccc2o1. The van der Waals surface area contributed by atoms with E-state index in [0.29, 0.717) is 17.1 Å². The normalized spacial score (nSPS) is 11.4. The molecule has 2 heterocycles. The highest BCUT2D eigenvalue weighted by molar-refractivity contribution is 6.06. The van der Waals surface area contributed by atoms with Gasteiger partial charge in [0.1, 0.15) is 22.9 Å². The van der Waals surface area contributed by atoms with Gasteiger partial charge in [-0.05, 0) is 60.7 Å². The van der Waals surface area contributed by atoms with Crippen LogP contribution in [0, 0.1) is 5.82 Å². The molecule has 0 amide bonds. The fraction of sp³-hybridized carbons (Fsp3) is 0. The van der Waals surface area contributed by atoms with Crippen LogP contribution in [-0.4, -0.2) is 5.78 Å². The molecule has 0 N–H and O–H groups in total. The number of ketones is 1. The van der Waals surface area contributed by atoms with Crippen LogP contribution in [0.3, 0.4) is 0 Å². The average Bonchev–Trinajstić information content (AvgIpc) is 3.27. The Hall–Kier alpha value is -3.40. The molecule has 4 heteroatoms. The van der Waals surface area contributed by atoms with E-state index < -0.39 is 0 Å². The zero-order valence-corrected chi connectivity index (χ0v) is 13.1. The van der Waals surface area contributed by atoms with E-state index in [1.54, 1.807) is 36.4 Å². The minimum absolute atomic E-state index is 0.240. The zero-order valence-electron chi connectivity index (χ0n) is 13.1. The predicted octanol–water partition coefficient (Wildman–Crippen LogP) is 5.73. The molecule has 25 heavy (non-hydrogen) atoms. The summed E-state index contributed by atoms with van der Waals surface area (Å²) >= 11 is 0. The molecule has 0 aliphatic heterocycles. The van der Waals surface area contributed by atoms with Crippen LogP contribution in [-0.2, 0) is 0 Å². The lowest BCUT2D eigenvalue weighted by Crippen LogP contribution is -1.89. The van der Waals surface area contributed by atoms with Gasteiger partial charge in [0.05, 0.1) is 0 Å². The van der Waals surface area contributed by atoms with Gasteiger partial charge in [0, 0.05) is 10.9 Å². The number of hydrogen-bond donors (Lipinski definition) is 0. The monoisotopic (exact) mass is 332 g/mol. The van der Waals surface area contributed by atoms with Crippen LogP contribution in [0.25, 0.3) is 28.4 Å². The summed E-state index contributed by atoms with van der Waals surface area (Å²) in [7, 11) is 0. The molecule has 2 aromatic heterocycles. The molecule has 2 aromatic carbocycles. The maximum atomic E-state index is 13.0. The summed E-state index contributed by atoms with van der Waals surface area (Å²) in [6.45, 7) is 0. The van der Waals surface area contributed by atoms with E-state index in [-0.39, 0.29) is 17.4 Å². The first-order valence-electron chi connectivity index (χ1n) is 7.76. The lowest BCUT2D eigenvalue weighted by molar-refractivity contribution is 0.102. The van der Waals surface area contributed by atoms with Crippen LogP contribution in [0.1, 0.15) is 16.3 Å². The van der Waals surface area contributed by atoms with E-state index in [4.69, 9.17) is 8.83 Å². The molecular weight excluding hydrogens is 319 g/mol. The molecule has 122 valence electrons. The number of hydrogen-bond acceptors (Lipinski definition) is 3. The van der Waals surface area contributed by atoms with Gasteiger partial charge in [-0.3, -0.25) is 4.79 Å². The molecule has 4 aromatic rings. The number of furan rings is 2. The number of carbonyl (C=O) groups is 1. The highest BCUT2D eigenvalue weighted by atomic mass is 19.1. The topological polar surface area (TPSA) is 43.4 Å². The summed E-state index contributed by atoms with van der Waals surface area (Å²) in [4.78, 5) is 12.2. The van der Waals surface area contributed by atoms with Crippen LogP contribution in [0.2, 0.25) is 0 Å². The van der Waals surface area contributed by atoms with Gasteiger partial charge in [-0.1, -0.05) is 18.2 Å². The van der Waals surface area contributed by atoms with Gasteiger partial charge in [0.25, 0.3) is 0 Å². The number of carbonyl (C=O) groups excluding carboxylic acids is 1. The van der Waals surface area contributed by atoms with Crippen molar-refractivity contribution in [2.75, 3.05) is 0 Å². The minimum Gasteiger partial charge on any atom is -0.457 e. The second-order valence-corrected chi connectivity index (χ2v) is 5.55. The quantitative estimate of drug-likeness (QED) is 0.354. The first kappa shape index (κ1) is 15.1. The lowest BCUT2D eigenvalue weighted by atomic mass is 10.2. The third-order valence-electron chi connectivity index (χ3n) is 3.82. The number of halogens is 1. The van der Waals surface area contributed by atoms with Gasteiger partial charge in [-0.15, -0.1) is 0 Å². The van der Waals surface area contributed by atoms with E-state index in [9.17, 15) is 9.18 Å². The molecule has 0 atom stereocenters. The van der Waals surface area contributed by atoms with Crippen LogP contribution in [0.4, 0.5) is 4.39 Å². The van der Waals surface area contributed by atoms with Gasteiger partial charge in [-0.2, -0.15) is 0 Å². The second kappa shape index (κ2) is 6.24. The second-order valence-electron chi connectivity index (χ2n) is 5.55. The Balaban J connectivity index is 1.53. The predicted molar refractivity (Wildman–Crippen MR) is 93.7 cm³/mol. The summed E-state index contributed by atoms with van der Waals surface area (Å²) in [5, 5.41) is 0.885. The van der Waals surface area contributed by atoms with E-state index in [0.717, 1.165) is 10.9 Å². The van der Waals surface area contributed by atoms with Crippen LogP contribution in [0.15, 0.2) is 81.6 Å².